The number of nitrogens with one attached hydrogen (secondary N) is 1. The molecule has 0 radical (unpaired) electrons. The lowest BCUT2D eigenvalue weighted by atomic mass is 10.1. The van der Waals surface area contributed by atoms with Crippen LogP contribution in [-0.4, -0.2) is 85.6 Å². The van der Waals surface area contributed by atoms with Gasteiger partial charge in [0.05, 0.1) is 37.4 Å². The maximum Gasteiger partial charge on any atom is 0.231 e. The second kappa shape index (κ2) is 12.3. The quantitative estimate of drug-likeness (QED) is 0.194. The normalized spacial score (nSPS) is 20.4. The molecule has 1 N–H and O–H groups in total. The fourth-order valence-electron chi connectivity index (χ4n) is 5.15. The maximum atomic E-state index is 13.0. The van der Waals surface area contributed by atoms with E-state index in [1.165, 1.54) is 6.42 Å². The van der Waals surface area contributed by atoms with E-state index in [9.17, 15) is 4.79 Å². The number of ether oxygens (including phenoxy) is 4. The van der Waals surface area contributed by atoms with Crippen molar-refractivity contribution in [2.75, 3.05) is 45.3 Å². The summed E-state index contributed by atoms with van der Waals surface area (Å²) in [6.07, 6.45) is 8.08. The largest absolute Gasteiger partial charge is 0.490 e. The number of amides is 1. The molecule has 1 aliphatic heterocycles. The average molecular weight is 594 g/mol. The van der Waals surface area contributed by atoms with Gasteiger partial charge in [0.1, 0.15) is 23.9 Å². The van der Waals surface area contributed by atoms with Crippen LogP contribution < -0.4 is 14.8 Å². The lowest BCUT2D eigenvalue weighted by Crippen LogP contribution is -2.39. The minimum Gasteiger partial charge on any atom is -0.490 e. The first kappa shape index (κ1) is 29.1. The molecule has 3 aromatic heterocycles. The first-order chi connectivity index (χ1) is 20.3. The van der Waals surface area contributed by atoms with Crippen LogP contribution >= 0.6 is 0 Å². The Morgan fingerprint density at radius 1 is 1.14 bits per heavy atom. The van der Waals surface area contributed by atoms with Gasteiger partial charge in [-0.2, -0.15) is 0 Å². The van der Waals surface area contributed by atoms with Gasteiger partial charge < -0.3 is 33.7 Å². The van der Waals surface area contributed by atoms with Crippen molar-refractivity contribution in [3.05, 3.63) is 30.6 Å². The molecule has 0 bridgehead atoms. The fraction of sp³-hybridized carbons (Fsp3) is 0.581. The third kappa shape index (κ3) is 6.96. The number of rotatable bonds is 15. The van der Waals surface area contributed by atoms with Crippen LogP contribution in [0.4, 0.5) is 5.82 Å². The predicted octanol–water partition coefficient (Wildman–Crippen LogP) is 5.01. The Kier molecular flexibility index (Phi) is 8.53. The standard InChI is InChI=1S/C31H43N5O5Si/c1-38-31-28(25(10-11-32-31)41-21-6-7-21)24-19-36(20-39-16-17-42(2,3)4)29-22(24)8-9-27(33-29)34-30(37)23-18-26(23)40-15-14-35-12-5-13-35/h8-11,19,21,23,26H,5-7,12-18,20H2,1-4H3,(H,33,34,37). The van der Waals surface area contributed by atoms with E-state index >= 15 is 0 Å². The Morgan fingerprint density at radius 2 is 1.98 bits per heavy atom. The number of carbonyl (C=O) groups excluding carboxylic acids is 1. The Bertz CT molecular complexity index is 1410. The summed E-state index contributed by atoms with van der Waals surface area (Å²) in [6.45, 7) is 12.0. The summed E-state index contributed by atoms with van der Waals surface area (Å²) in [5, 5.41) is 3.94. The summed E-state index contributed by atoms with van der Waals surface area (Å²) >= 11 is 0. The van der Waals surface area contributed by atoms with Crippen LogP contribution in [0, 0.1) is 5.92 Å². The van der Waals surface area contributed by atoms with Crippen LogP contribution in [0.5, 0.6) is 11.6 Å². The van der Waals surface area contributed by atoms with E-state index in [2.05, 4.69) is 34.8 Å². The zero-order chi connectivity index (χ0) is 29.3. The summed E-state index contributed by atoms with van der Waals surface area (Å²) in [5.41, 5.74) is 2.42. The van der Waals surface area contributed by atoms with E-state index in [1.807, 2.05) is 29.0 Å². The number of aromatic nitrogens is 3. The van der Waals surface area contributed by atoms with Crippen molar-refractivity contribution in [3.63, 3.8) is 0 Å². The number of pyridine rings is 2. The molecule has 226 valence electrons. The minimum absolute atomic E-state index is 0.00632. The molecule has 2 saturated carbocycles. The molecule has 11 heteroatoms. The molecular formula is C31H43N5O5Si. The van der Waals surface area contributed by atoms with E-state index in [0.717, 1.165) is 72.9 Å². The number of carbonyl (C=O) groups is 1. The van der Waals surface area contributed by atoms with Gasteiger partial charge in [-0.05, 0) is 63.0 Å². The number of likely N-dealkylation sites (tertiary alicyclic amines) is 1. The second-order valence-corrected chi connectivity index (χ2v) is 18.5. The van der Waals surface area contributed by atoms with Crippen molar-refractivity contribution in [3.8, 4) is 22.8 Å². The lowest BCUT2D eigenvalue weighted by Gasteiger charge is -2.30. The predicted molar refractivity (Wildman–Crippen MR) is 165 cm³/mol. The number of nitrogens with zero attached hydrogens (tertiary/aromatic N) is 4. The zero-order valence-corrected chi connectivity index (χ0v) is 26.2. The Morgan fingerprint density at radius 3 is 2.69 bits per heavy atom. The molecule has 4 heterocycles. The highest BCUT2D eigenvalue weighted by molar-refractivity contribution is 6.76. The molecule has 1 saturated heterocycles. The first-order valence-electron chi connectivity index (χ1n) is 15.2. The van der Waals surface area contributed by atoms with Gasteiger partial charge in [0.25, 0.3) is 0 Å². The van der Waals surface area contributed by atoms with Crippen LogP contribution in [0.2, 0.25) is 25.7 Å². The molecule has 3 aromatic rings. The molecule has 2 aliphatic carbocycles. The number of methoxy groups -OCH3 is 1. The van der Waals surface area contributed by atoms with Crippen molar-refractivity contribution in [1.82, 2.24) is 19.4 Å². The topological polar surface area (TPSA) is 100.0 Å². The van der Waals surface area contributed by atoms with E-state index in [-0.39, 0.29) is 24.0 Å². The Hall–Kier alpha value is -2.99. The molecule has 6 rings (SSSR count). The summed E-state index contributed by atoms with van der Waals surface area (Å²) in [4.78, 5) is 24.8. The van der Waals surface area contributed by atoms with Gasteiger partial charge in [0.2, 0.25) is 11.8 Å². The molecular weight excluding hydrogens is 550 g/mol. The van der Waals surface area contributed by atoms with Gasteiger partial charge in [-0.1, -0.05) is 19.6 Å². The highest BCUT2D eigenvalue weighted by Gasteiger charge is 2.44. The summed E-state index contributed by atoms with van der Waals surface area (Å²) < 4.78 is 26.0. The van der Waals surface area contributed by atoms with Gasteiger partial charge in [-0.3, -0.25) is 4.79 Å². The highest BCUT2D eigenvalue weighted by Crippen LogP contribution is 2.43. The minimum atomic E-state index is -1.23. The van der Waals surface area contributed by atoms with E-state index in [0.29, 0.717) is 31.6 Å². The summed E-state index contributed by atoms with van der Waals surface area (Å²) in [6, 6.07) is 6.81. The fourth-order valence-corrected chi connectivity index (χ4v) is 5.91. The van der Waals surface area contributed by atoms with Crippen LogP contribution in [0.25, 0.3) is 22.2 Å². The Labute approximate surface area is 248 Å². The SMILES string of the molecule is COc1nccc(OC2CC2)c1-c1cn(COCC[Si](C)(C)C)c2nc(NC(=O)C3CC3OCCN3CCC3)ccc12. The molecule has 42 heavy (non-hydrogen) atoms. The molecule has 3 aliphatic rings. The van der Waals surface area contributed by atoms with Gasteiger partial charge >= 0.3 is 0 Å². The number of fused-ring (bicyclic) bond motifs is 1. The molecule has 10 nitrogen and oxygen atoms in total. The maximum absolute atomic E-state index is 13.0. The zero-order valence-electron chi connectivity index (χ0n) is 25.2. The van der Waals surface area contributed by atoms with Crippen LogP contribution in [0.15, 0.2) is 30.6 Å². The van der Waals surface area contributed by atoms with Crippen molar-refractivity contribution in [2.24, 2.45) is 5.92 Å². The second-order valence-electron chi connectivity index (χ2n) is 12.9. The van der Waals surface area contributed by atoms with Crippen LogP contribution in [-0.2, 0) is 21.0 Å². The first-order valence-corrected chi connectivity index (χ1v) is 18.9. The van der Waals surface area contributed by atoms with E-state index in [4.69, 9.17) is 23.9 Å². The van der Waals surface area contributed by atoms with E-state index < -0.39 is 8.07 Å². The van der Waals surface area contributed by atoms with Gasteiger partial charge in [0.15, 0.2) is 0 Å². The molecule has 3 fully saturated rings. The van der Waals surface area contributed by atoms with Gasteiger partial charge in [-0.15, -0.1) is 0 Å². The number of hydrogen-bond acceptors (Lipinski definition) is 8. The summed E-state index contributed by atoms with van der Waals surface area (Å²) in [5.74, 6) is 1.58. The van der Waals surface area contributed by atoms with Crippen molar-refractivity contribution in [2.45, 2.75) is 70.3 Å². The molecule has 0 spiro atoms. The Balaban J connectivity index is 1.23. The van der Waals surface area contributed by atoms with Crippen LogP contribution in [0.3, 0.4) is 0 Å². The third-order valence-electron chi connectivity index (χ3n) is 8.12. The van der Waals surface area contributed by atoms with Crippen molar-refractivity contribution >= 4 is 30.8 Å². The molecule has 1 amide bonds. The van der Waals surface area contributed by atoms with Crippen LogP contribution in [0.1, 0.15) is 25.7 Å². The van der Waals surface area contributed by atoms with Crippen molar-refractivity contribution < 1.29 is 23.7 Å². The van der Waals surface area contributed by atoms with Gasteiger partial charge in [0, 0.05) is 44.6 Å². The smallest absolute Gasteiger partial charge is 0.231 e. The summed E-state index contributed by atoms with van der Waals surface area (Å²) in [7, 11) is 0.393. The van der Waals surface area contributed by atoms with Gasteiger partial charge in [-0.25, -0.2) is 9.97 Å². The monoisotopic (exact) mass is 593 g/mol. The molecule has 2 unspecified atom stereocenters. The third-order valence-corrected chi connectivity index (χ3v) is 9.82. The number of hydrogen-bond donors (Lipinski definition) is 1. The average Bonchev–Trinajstić information content (AvgIpc) is 3.86. The van der Waals surface area contributed by atoms with Crippen molar-refractivity contribution in [1.29, 1.82) is 0 Å². The number of anilines is 1. The highest BCUT2D eigenvalue weighted by atomic mass is 28.3. The molecule has 0 aromatic carbocycles. The lowest BCUT2D eigenvalue weighted by molar-refractivity contribution is -0.118. The molecule has 2 atom stereocenters. The van der Waals surface area contributed by atoms with E-state index in [1.54, 1.807) is 13.3 Å².